The van der Waals surface area contributed by atoms with E-state index in [0.717, 1.165) is 49.7 Å². The first-order valence-electron chi connectivity index (χ1n) is 8.88. The number of rotatable bonds is 4. The molecule has 10 heteroatoms. The van der Waals surface area contributed by atoms with E-state index in [1.165, 1.54) is 23.7 Å². The molecule has 1 N–H and O–H groups in total. The molecule has 3 rings (SSSR count). The van der Waals surface area contributed by atoms with Crippen molar-refractivity contribution in [1.82, 2.24) is 19.9 Å². The van der Waals surface area contributed by atoms with Crippen molar-refractivity contribution in [3.63, 3.8) is 0 Å². The highest BCUT2D eigenvalue weighted by atomic mass is 35.5. The van der Waals surface area contributed by atoms with Crippen LogP contribution in [0.15, 0.2) is 17.4 Å². The Kier molecular flexibility index (Phi) is 6.52. The van der Waals surface area contributed by atoms with Gasteiger partial charge in [-0.1, -0.05) is 55.5 Å². The Hall–Kier alpha value is -1.48. The molecule has 0 radical (unpaired) electrons. The number of hydrogen-bond donors (Lipinski definition) is 1. The molecule has 0 saturated heterocycles. The Morgan fingerprint density at radius 1 is 1.22 bits per heavy atom. The lowest BCUT2D eigenvalue weighted by atomic mass is 9.97. The van der Waals surface area contributed by atoms with Gasteiger partial charge in [0.25, 0.3) is 0 Å². The maximum Gasteiger partial charge on any atom is 0.417 e. The highest BCUT2D eigenvalue weighted by molar-refractivity contribution is 7.99. The summed E-state index contributed by atoms with van der Waals surface area (Å²) in [6.07, 6.45) is 4.14. The second-order valence-electron chi connectivity index (χ2n) is 6.65. The first kappa shape index (κ1) is 20.3. The molecular formula is C17H20ClF3N4OS. The Bertz CT molecular complexity index is 803. The molecule has 0 atom stereocenters. The molecule has 2 aromatic heterocycles. The Labute approximate surface area is 164 Å². The van der Waals surface area contributed by atoms with E-state index in [1.54, 1.807) is 0 Å². The summed E-state index contributed by atoms with van der Waals surface area (Å²) >= 11 is 6.93. The van der Waals surface area contributed by atoms with Crippen LogP contribution in [0.3, 0.4) is 0 Å². The summed E-state index contributed by atoms with van der Waals surface area (Å²) in [5, 5.41) is 10.8. The number of fused-ring (bicyclic) bond motifs is 1. The molecule has 0 aromatic carbocycles. The Balaban J connectivity index is 1.66. The molecular weight excluding hydrogens is 401 g/mol. The third-order valence-corrected chi connectivity index (χ3v) is 5.78. The smallest absolute Gasteiger partial charge is 0.353 e. The summed E-state index contributed by atoms with van der Waals surface area (Å²) in [7, 11) is 0. The average Bonchev–Trinajstić information content (AvgIpc) is 2.98. The highest BCUT2D eigenvalue weighted by Gasteiger charge is 2.32. The summed E-state index contributed by atoms with van der Waals surface area (Å²) in [5.41, 5.74) is -0.756. The van der Waals surface area contributed by atoms with Gasteiger partial charge in [-0.25, -0.2) is 0 Å². The fourth-order valence-electron chi connectivity index (χ4n) is 3.19. The number of pyridine rings is 1. The van der Waals surface area contributed by atoms with Gasteiger partial charge in [0.05, 0.1) is 16.3 Å². The van der Waals surface area contributed by atoms with E-state index in [2.05, 4.69) is 15.5 Å². The molecule has 0 unspecified atom stereocenters. The van der Waals surface area contributed by atoms with Gasteiger partial charge in [0.1, 0.15) is 0 Å². The SMILES string of the molecule is O=C(CSc1nnc2c(Cl)cc(C(F)(F)F)cn12)NC1CCCCCCC1. The second-order valence-corrected chi connectivity index (χ2v) is 8.00. The third-order valence-electron chi connectivity index (χ3n) is 4.56. The van der Waals surface area contributed by atoms with Gasteiger partial charge in [0.15, 0.2) is 10.8 Å². The predicted octanol–water partition coefficient (Wildman–Crippen LogP) is 4.72. The molecule has 27 heavy (non-hydrogen) atoms. The molecule has 1 amide bonds. The lowest BCUT2D eigenvalue weighted by molar-refractivity contribution is -0.137. The minimum atomic E-state index is -4.53. The topological polar surface area (TPSA) is 59.3 Å². The quantitative estimate of drug-likeness (QED) is 0.727. The van der Waals surface area contributed by atoms with Crippen LogP contribution in [0.1, 0.15) is 50.5 Å². The zero-order chi connectivity index (χ0) is 19.4. The molecule has 1 aliphatic carbocycles. The van der Waals surface area contributed by atoms with Crippen LogP contribution in [0, 0.1) is 0 Å². The highest BCUT2D eigenvalue weighted by Crippen LogP contribution is 2.33. The summed E-state index contributed by atoms with van der Waals surface area (Å²) < 4.78 is 40.1. The molecule has 148 valence electrons. The molecule has 0 bridgehead atoms. The molecule has 5 nitrogen and oxygen atoms in total. The number of thioether (sulfide) groups is 1. The van der Waals surface area contributed by atoms with Crippen LogP contribution in [-0.4, -0.2) is 32.3 Å². The maximum absolute atomic E-state index is 13.0. The van der Waals surface area contributed by atoms with Gasteiger partial charge in [0.2, 0.25) is 5.91 Å². The number of nitrogens with zero attached hydrogens (tertiary/aromatic N) is 3. The van der Waals surface area contributed by atoms with Gasteiger partial charge < -0.3 is 5.32 Å². The molecule has 0 spiro atoms. The summed E-state index contributed by atoms with van der Waals surface area (Å²) in [4.78, 5) is 12.2. The number of aromatic nitrogens is 3. The van der Waals surface area contributed by atoms with E-state index in [4.69, 9.17) is 11.6 Å². The van der Waals surface area contributed by atoms with Crippen molar-refractivity contribution in [2.45, 2.75) is 62.3 Å². The van der Waals surface area contributed by atoms with Crippen molar-refractivity contribution >= 4 is 34.9 Å². The van der Waals surface area contributed by atoms with E-state index in [0.29, 0.717) is 0 Å². The number of hydrogen-bond acceptors (Lipinski definition) is 4. The van der Waals surface area contributed by atoms with Gasteiger partial charge in [-0.15, -0.1) is 10.2 Å². The lowest BCUT2D eigenvalue weighted by Crippen LogP contribution is -2.36. The first-order valence-corrected chi connectivity index (χ1v) is 10.2. The minimum absolute atomic E-state index is 0.0607. The minimum Gasteiger partial charge on any atom is -0.353 e. The molecule has 1 fully saturated rings. The monoisotopic (exact) mass is 420 g/mol. The Morgan fingerprint density at radius 3 is 2.56 bits per heavy atom. The van der Waals surface area contributed by atoms with E-state index in [-0.39, 0.29) is 33.5 Å². The number of carbonyl (C=O) groups is 1. The normalized spacial score (nSPS) is 16.9. The molecule has 2 heterocycles. The largest absolute Gasteiger partial charge is 0.417 e. The van der Waals surface area contributed by atoms with Crippen LogP contribution >= 0.6 is 23.4 Å². The van der Waals surface area contributed by atoms with Gasteiger partial charge in [0, 0.05) is 12.2 Å². The number of carbonyl (C=O) groups excluding carboxylic acids is 1. The van der Waals surface area contributed by atoms with Gasteiger partial charge >= 0.3 is 6.18 Å². The summed E-state index contributed by atoms with van der Waals surface area (Å²) in [6, 6.07) is 0.987. The zero-order valence-electron chi connectivity index (χ0n) is 14.6. The molecule has 1 aliphatic rings. The van der Waals surface area contributed by atoms with Crippen molar-refractivity contribution < 1.29 is 18.0 Å². The number of halogens is 4. The van der Waals surface area contributed by atoms with Crippen molar-refractivity contribution in [2.24, 2.45) is 0 Å². The van der Waals surface area contributed by atoms with Crippen LogP contribution in [-0.2, 0) is 11.0 Å². The standard InChI is InChI=1S/C17H20ClF3N4OS/c18-13-8-11(17(19,20)21)9-25-15(13)23-24-16(25)27-10-14(26)22-12-6-4-2-1-3-5-7-12/h8-9,12H,1-7,10H2,(H,22,26). The van der Waals surface area contributed by atoms with Crippen LogP contribution < -0.4 is 5.32 Å². The molecule has 1 saturated carbocycles. The van der Waals surface area contributed by atoms with Gasteiger partial charge in [-0.3, -0.25) is 9.20 Å². The molecule has 0 aliphatic heterocycles. The predicted molar refractivity (Wildman–Crippen MR) is 98.0 cm³/mol. The fraction of sp³-hybridized carbons (Fsp3) is 0.588. The van der Waals surface area contributed by atoms with E-state index in [1.807, 2.05) is 0 Å². The van der Waals surface area contributed by atoms with Crippen LogP contribution in [0.25, 0.3) is 5.65 Å². The third kappa shape index (κ3) is 5.28. The molecule has 2 aromatic rings. The van der Waals surface area contributed by atoms with Gasteiger partial charge in [-0.05, 0) is 18.9 Å². The number of amides is 1. The summed E-state index contributed by atoms with van der Waals surface area (Å²) in [6.45, 7) is 0. The lowest BCUT2D eigenvalue weighted by Gasteiger charge is -2.20. The van der Waals surface area contributed by atoms with Crippen molar-refractivity contribution in [2.75, 3.05) is 5.75 Å². The van der Waals surface area contributed by atoms with E-state index < -0.39 is 11.7 Å². The van der Waals surface area contributed by atoms with E-state index >= 15 is 0 Å². The maximum atomic E-state index is 13.0. The van der Waals surface area contributed by atoms with Crippen molar-refractivity contribution in [3.05, 3.63) is 22.8 Å². The average molecular weight is 421 g/mol. The summed E-state index contributed by atoms with van der Waals surface area (Å²) in [5.74, 6) is -0.0917. The number of alkyl halides is 3. The zero-order valence-corrected chi connectivity index (χ0v) is 16.1. The van der Waals surface area contributed by atoms with Crippen LogP contribution in [0.2, 0.25) is 5.02 Å². The van der Waals surface area contributed by atoms with Gasteiger partial charge in [-0.2, -0.15) is 13.2 Å². The van der Waals surface area contributed by atoms with E-state index in [9.17, 15) is 18.0 Å². The first-order chi connectivity index (χ1) is 12.8. The number of nitrogens with one attached hydrogen (secondary N) is 1. The van der Waals surface area contributed by atoms with Crippen molar-refractivity contribution in [3.8, 4) is 0 Å². The Morgan fingerprint density at radius 2 is 1.89 bits per heavy atom. The fourth-order valence-corrected chi connectivity index (χ4v) is 4.15. The van der Waals surface area contributed by atoms with Crippen LogP contribution in [0.5, 0.6) is 0 Å². The van der Waals surface area contributed by atoms with Crippen molar-refractivity contribution in [1.29, 1.82) is 0 Å². The second kappa shape index (κ2) is 8.68. The van der Waals surface area contributed by atoms with Crippen LogP contribution in [0.4, 0.5) is 13.2 Å².